The highest BCUT2D eigenvalue weighted by Gasteiger charge is 2.17. The van der Waals surface area contributed by atoms with Gasteiger partial charge in [0, 0.05) is 5.39 Å². The van der Waals surface area contributed by atoms with Crippen LogP contribution in [0.3, 0.4) is 0 Å². The van der Waals surface area contributed by atoms with Crippen LogP contribution in [0.4, 0.5) is 0 Å². The minimum Gasteiger partial charge on any atom is -0.481 e. The standard InChI is InChI=1S/C13H12ClNO2/c1-7-3-4-11-9(5-7)10(14)6-12(15-11)8(2)13(16)17/h3-6,8H,1-2H3,(H,16,17). The highest BCUT2D eigenvalue weighted by Crippen LogP contribution is 2.27. The third-order valence-electron chi connectivity index (χ3n) is 2.75. The van der Waals surface area contributed by atoms with E-state index in [0.717, 1.165) is 16.5 Å². The zero-order valence-electron chi connectivity index (χ0n) is 9.57. The van der Waals surface area contributed by atoms with E-state index in [2.05, 4.69) is 4.98 Å². The fourth-order valence-corrected chi connectivity index (χ4v) is 1.93. The molecular formula is C13H12ClNO2. The number of carboxylic acid groups (broad SMARTS) is 1. The van der Waals surface area contributed by atoms with E-state index in [1.54, 1.807) is 13.0 Å². The molecule has 17 heavy (non-hydrogen) atoms. The second kappa shape index (κ2) is 4.34. The number of carbonyl (C=O) groups is 1. The Balaban J connectivity index is 2.63. The molecule has 0 aliphatic carbocycles. The molecule has 0 amide bonds. The minimum atomic E-state index is -0.903. The largest absolute Gasteiger partial charge is 0.481 e. The van der Waals surface area contributed by atoms with Gasteiger partial charge in [-0.15, -0.1) is 0 Å². The molecule has 1 atom stereocenters. The van der Waals surface area contributed by atoms with Crippen molar-refractivity contribution in [3.05, 3.63) is 40.5 Å². The lowest BCUT2D eigenvalue weighted by Gasteiger charge is -2.09. The third kappa shape index (κ3) is 2.24. The van der Waals surface area contributed by atoms with Gasteiger partial charge in [0.25, 0.3) is 0 Å². The summed E-state index contributed by atoms with van der Waals surface area (Å²) in [5.41, 5.74) is 2.31. The number of hydrogen-bond donors (Lipinski definition) is 1. The number of hydrogen-bond acceptors (Lipinski definition) is 2. The van der Waals surface area contributed by atoms with E-state index in [0.29, 0.717) is 10.7 Å². The van der Waals surface area contributed by atoms with Crippen molar-refractivity contribution in [1.29, 1.82) is 0 Å². The normalized spacial score (nSPS) is 12.6. The van der Waals surface area contributed by atoms with Crippen LogP contribution in [0.25, 0.3) is 10.9 Å². The van der Waals surface area contributed by atoms with Gasteiger partial charge in [0.05, 0.1) is 22.2 Å². The van der Waals surface area contributed by atoms with Crippen LogP contribution in [-0.2, 0) is 4.79 Å². The van der Waals surface area contributed by atoms with Crippen molar-refractivity contribution in [3.63, 3.8) is 0 Å². The summed E-state index contributed by atoms with van der Waals surface area (Å²) in [4.78, 5) is 15.3. The molecule has 3 nitrogen and oxygen atoms in total. The molecule has 0 aliphatic heterocycles. The molecule has 0 spiro atoms. The van der Waals surface area contributed by atoms with E-state index in [4.69, 9.17) is 16.7 Å². The number of aryl methyl sites for hydroxylation is 1. The molecule has 0 bridgehead atoms. The Morgan fingerprint density at radius 3 is 2.76 bits per heavy atom. The molecule has 1 aromatic heterocycles. The van der Waals surface area contributed by atoms with Crippen LogP contribution in [0.1, 0.15) is 24.1 Å². The summed E-state index contributed by atoms with van der Waals surface area (Å²) >= 11 is 6.15. The first-order valence-electron chi connectivity index (χ1n) is 5.28. The topological polar surface area (TPSA) is 50.2 Å². The fourth-order valence-electron chi connectivity index (χ4n) is 1.67. The van der Waals surface area contributed by atoms with Crippen LogP contribution in [0.15, 0.2) is 24.3 Å². The smallest absolute Gasteiger partial charge is 0.312 e. The lowest BCUT2D eigenvalue weighted by molar-refractivity contribution is -0.138. The molecule has 2 aromatic rings. The average Bonchev–Trinajstić information content (AvgIpc) is 2.28. The van der Waals surface area contributed by atoms with Gasteiger partial charge in [-0.25, -0.2) is 0 Å². The summed E-state index contributed by atoms with van der Waals surface area (Å²) in [6.07, 6.45) is 0. The lowest BCUT2D eigenvalue weighted by Crippen LogP contribution is -2.09. The number of carboxylic acids is 1. The Bertz CT molecular complexity index is 595. The number of aromatic nitrogens is 1. The summed E-state index contributed by atoms with van der Waals surface area (Å²) in [5, 5.41) is 10.4. The number of halogens is 1. The van der Waals surface area contributed by atoms with Crippen LogP contribution >= 0.6 is 11.6 Å². The van der Waals surface area contributed by atoms with Gasteiger partial charge in [-0.3, -0.25) is 9.78 Å². The summed E-state index contributed by atoms with van der Waals surface area (Å²) in [7, 11) is 0. The monoisotopic (exact) mass is 249 g/mol. The number of pyridine rings is 1. The zero-order chi connectivity index (χ0) is 12.6. The molecule has 2 rings (SSSR count). The summed E-state index contributed by atoms with van der Waals surface area (Å²) in [6, 6.07) is 7.36. The number of rotatable bonds is 2. The molecular weight excluding hydrogens is 238 g/mol. The van der Waals surface area contributed by atoms with E-state index in [-0.39, 0.29) is 0 Å². The second-order valence-electron chi connectivity index (χ2n) is 4.11. The van der Waals surface area contributed by atoms with E-state index in [1.165, 1.54) is 0 Å². The first-order chi connectivity index (χ1) is 7.99. The third-order valence-corrected chi connectivity index (χ3v) is 3.06. The van der Waals surface area contributed by atoms with Crippen LogP contribution < -0.4 is 0 Å². The van der Waals surface area contributed by atoms with Crippen LogP contribution in [-0.4, -0.2) is 16.1 Å². The van der Waals surface area contributed by atoms with Crippen LogP contribution in [0.2, 0.25) is 5.02 Å². The first-order valence-corrected chi connectivity index (χ1v) is 5.66. The quantitative estimate of drug-likeness (QED) is 0.888. The van der Waals surface area contributed by atoms with Crippen molar-refractivity contribution < 1.29 is 9.90 Å². The van der Waals surface area contributed by atoms with Crippen molar-refractivity contribution in [3.8, 4) is 0 Å². The Hall–Kier alpha value is -1.61. The van der Waals surface area contributed by atoms with Gasteiger partial charge in [-0.1, -0.05) is 23.2 Å². The highest BCUT2D eigenvalue weighted by molar-refractivity contribution is 6.35. The first kappa shape index (κ1) is 11.9. The molecule has 1 unspecified atom stereocenters. The maximum Gasteiger partial charge on any atom is 0.312 e. The van der Waals surface area contributed by atoms with E-state index < -0.39 is 11.9 Å². The molecule has 0 saturated carbocycles. The van der Waals surface area contributed by atoms with Crippen LogP contribution in [0.5, 0.6) is 0 Å². The second-order valence-corrected chi connectivity index (χ2v) is 4.52. The number of benzene rings is 1. The molecule has 1 N–H and O–H groups in total. The van der Waals surface area contributed by atoms with Gasteiger partial charge in [0.1, 0.15) is 0 Å². The summed E-state index contributed by atoms with van der Waals surface area (Å²) < 4.78 is 0. The van der Waals surface area contributed by atoms with Crippen molar-refractivity contribution in [2.75, 3.05) is 0 Å². The predicted molar refractivity (Wildman–Crippen MR) is 67.5 cm³/mol. The minimum absolute atomic E-state index is 0.485. The molecule has 0 fully saturated rings. The average molecular weight is 250 g/mol. The summed E-state index contributed by atoms with van der Waals surface area (Å²) in [6.45, 7) is 3.57. The molecule has 1 heterocycles. The predicted octanol–water partition coefficient (Wildman–Crippen LogP) is 3.38. The van der Waals surface area contributed by atoms with E-state index >= 15 is 0 Å². The zero-order valence-corrected chi connectivity index (χ0v) is 10.3. The van der Waals surface area contributed by atoms with Gasteiger partial charge in [-0.2, -0.15) is 0 Å². The molecule has 0 aliphatic rings. The number of nitrogens with zero attached hydrogens (tertiary/aromatic N) is 1. The van der Waals surface area contributed by atoms with Gasteiger partial charge in [0.2, 0.25) is 0 Å². The molecule has 88 valence electrons. The lowest BCUT2D eigenvalue weighted by atomic mass is 10.1. The Labute approximate surface area is 104 Å². The molecule has 4 heteroatoms. The Morgan fingerprint density at radius 2 is 2.12 bits per heavy atom. The fraction of sp³-hybridized carbons (Fsp3) is 0.231. The molecule has 0 radical (unpaired) electrons. The van der Waals surface area contributed by atoms with Gasteiger partial charge < -0.3 is 5.11 Å². The van der Waals surface area contributed by atoms with Gasteiger partial charge in [-0.05, 0) is 32.0 Å². The molecule has 0 saturated heterocycles. The summed E-state index contributed by atoms with van der Waals surface area (Å²) in [5.74, 6) is -1.56. The number of aliphatic carboxylic acids is 1. The maximum atomic E-state index is 10.9. The van der Waals surface area contributed by atoms with Gasteiger partial charge >= 0.3 is 5.97 Å². The van der Waals surface area contributed by atoms with Crippen molar-refractivity contribution >= 4 is 28.5 Å². The van der Waals surface area contributed by atoms with Crippen molar-refractivity contribution in [2.45, 2.75) is 19.8 Å². The van der Waals surface area contributed by atoms with Gasteiger partial charge in [0.15, 0.2) is 0 Å². The molecule has 1 aromatic carbocycles. The van der Waals surface area contributed by atoms with Crippen molar-refractivity contribution in [1.82, 2.24) is 4.98 Å². The SMILES string of the molecule is Cc1ccc2nc(C(C)C(=O)O)cc(Cl)c2c1. The Kier molecular flexibility index (Phi) is 3.03. The van der Waals surface area contributed by atoms with E-state index in [1.807, 2.05) is 25.1 Å². The van der Waals surface area contributed by atoms with Crippen LogP contribution in [0, 0.1) is 6.92 Å². The maximum absolute atomic E-state index is 10.9. The number of fused-ring (bicyclic) bond motifs is 1. The van der Waals surface area contributed by atoms with Crippen molar-refractivity contribution in [2.24, 2.45) is 0 Å². The Morgan fingerprint density at radius 1 is 1.41 bits per heavy atom. The van der Waals surface area contributed by atoms with E-state index in [9.17, 15) is 4.79 Å². The highest BCUT2D eigenvalue weighted by atomic mass is 35.5.